The number of nitrogens with two attached hydrogens (primary N) is 1. The second-order valence-electron chi connectivity index (χ2n) is 7.58. The van der Waals surface area contributed by atoms with E-state index in [0.29, 0.717) is 5.69 Å². The zero-order chi connectivity index (χ0) is 26.7. The largest absolute Gasteiger partial charge is 0.481 e. The van der Waals surface area contributed by atoms with Crippen molar-refractivity contribution < 1.29 is 42.4 Å². The molecule has 2 atom stereocenters. The number of amides is 2. The average Bonchev–Trinajstić information content (AvgIpc) is 2.79. The summed E-state index contributed by atoms with van der Waals surface area (Å²) in [6, 6.07) is 4.52. The van der Waals surface area contributed by atoms with Crippen molar-refractivity contribution in [2.45, 2.75) is 30.5 Å². The van der Waals surface area contributed by atoms with E-state index >= 15 is 0 Å². The molecule has 0 saturated heterocycles. The van der Waals surface area contributed by atoms with Gasteiger partial charge in [-0.25, -0.2) is 14.8 Å². The van der Waals surface area contributed by atoms with Crippen molar-refractivity contribution in [3.05, 3.63) is 47.4 Å². The molecule has 2 heterocycles. The van der Waals surface area contributed by atoms with Crippen LogP contribution in [0.25, 0.3) is 0 Å². The predicted molar refractivity (Wildman–Crippen MR) is 121 cm³/mol. The summed E-state index contributed by atoms with van der Waals surface area (Å²) in [6.45, 7) is 0.0709. The van der Waals surface area contributed by atoms with E-state index in [9.17, 15) is 32.1 Å². The van der Waals surface area contributed by atoms with Crippen LogP contribution < -0.4 is 27.0 Å². The summed E-state index contributed by atoms with van der Waals surface area (Å²) in [6.07, 6.45) is 0.553. The van der Waals surface area contributed by atoms with Crippen LogP contribution in [0.2, 0.25) is 0 Å². The Kier molecular flexibility index (Phi) is 7.37. The number of nitrogens with zero attached hydrogens (tertiary/aromatic N) is 2. The summed E-state index contributed by atoms with van der Waals surface area (Å²) in [4.78, 5) is 54.4. The van der Waals surface area contributed by atoms with Gasteiger partial charge in [0.15, 0.2) is 11.5 Å². The molecule has 0 aliphatic carbocycles. The van der Waals surface area contributed by atoms with Gasteiger partial charge in [-0.05, 0) is 30.7 Å². The van der Waals surface area contributed by atoms with Crippen molar-refractivity contribution in [1.82, 2.24) is 20.6 Å². The number of carbonyl (C=O) groups excluding carboxylic acids is 2. The summed E-state index contributed by atoms with van der Waals surface area (Å²) >= 11 is 0. The summed E-state index contributed by atoms with van der Waals surface area (Å²) in [5.41, 5.74) is 6.18. The molecule has 0 fully saturated rings. The second kappa shape index (κ2) is 10.1. The van der Waals surface area contributed by atoms with E-state index in [1.54, 1.807) is 0 Å². The number of carboxylic acid groups (broad SMARTS) is 2. The standard InChI is InChI=1S/C19H21N7O9S/c20-19(36(33,34)35)25-15-14(17(30)26-19)23-11(8-22-15)7-21-10-3-1-9(2-4-10)16(29)24-12(18(31)32)5-6-13(27)28/h1-4,8,12,21H,5-7,20H2,(H,22,25)(H,24,29)(H,26,30)(H,27,28)(H,31,32)(H,33,34,35). The minimum absolute atomic E-state index is 0.0709. The Morgan fingerprint density at radius 1 is 1.14 bits per heavy atom. The molecule has 2 amide bonds. The third kappa shape index (κ3) is 6.01. The lowest BCUT2D eigenvalue weighted by Crippen LogP contribution is -2.68. The van der Waals surface area contributed by atoms with Gasteiger partial charge in [0.1, 0.15) is 6.04 Å². The third-order valence-electron chi connectivity index (χ3n) is 4.92. The molecule has 0 spiro atoms. The van der Waals surface area contributed by atoms with Crippen molar-refractivity contribution in [3.63, 3.8) is 0 Å². The van der Waals surface area contributed by atoms with E-state index in [-0.39, 0.29) is 35.7 Å². The van der Waals surface area contributed by atoms with E-state index < -0.39 is 51.5 Å². The van der Waals surface area contributed by atoms with E-state index in [4.69, 9.17) is 15.9 Å². The van der Waals surface area contributed by atoms with Gasteiger partial charge < -0.3 is 31.5 Å². The highest BCUT2D eigenvalue weighted by Crippen LogP contribution is 2.21. The number of fused-ring (bicyclic) bond motifs is 1. The number of carboxylic acids is 2. The Labute approximate surface area is 203 Å². The van der Waals surface area contributed by atoms with E-state index in [2.05, 4.69) is 25.9 Å². The summed E-state index contributed by atoms with van der Waals surface area (Å²) in [5.74, 6) is -4.46. The fourth-order valence-electron chi connectivity index (χ4n) is 3.02. The van der Waals surface area contributed by atoms with Crippen molar-refractivity contribution in [3.8, 4) is 0 Å². The number of aliphatic carboxylic acids is 2. The maximum atomic E-state index is 12.3. The first kappa shape index (κ1) is 26.3. The Bertz CT molecular complexity index is 1320. The molecule has 3 rings (SSSR count). The summed E-state index contributed by atoms with van der Waals surface area (Å²) in [5, 5.41) is 24.6. The van der Waals surface area contributed by atoms with Crippen LogP contribution in [0.4, 0.5) is 11.5 Å². The van der Waals surface area contributed by atoms with Crippen LogP contribution in [0.5, 0.6) is 0 Å². The minimum Gasteiger partial charge on any atom is -0.481 e. The van der Waals surface area contributed by atoms with Gasteiger partial charge in [0.2, 0.25) is 0 Å². The molecule has 1 aliphatic rings. The first-order valence-corrected chi connectivity index (χ1v) is 11.5. The van der Waals surface area contributed by atoms with Crippen LogP contribution >= 0.6 is 0 Å². The highest BCUT2D eigenvalue weighted by molar-refractivity contribution is 7.87. The molecule has 17 heteroatoms. The Balaban J connectivity index is 1.62. The van der Waals surface area contributed by atoms with E-state index in [1.165, 1.54) is 30.5 Å². The fraction of sp³-hybridized carbons (Fsp3) is 0.263. The topological polar surface area (TPSA) is 263 Å². The molecule has 0 radical (unpaired) electrons. The lowest BCUT2D eigenvalue weighted by molar-refractivity contribution is -0.140. The van der Waals surface area contributed by atoms with Crippen LogP contribution in [0, 0.1) is 0 Å². The van der Waals surface area contributed by atoms with Gasteiger partial charge in [-0.15, -0.1) is 0 Å². The molecule has 1 aromatic carbocycles. The first-order valence-electron chi connectivity index (χ1n) is 10.1. The number of nitrogens with one attached hydrogen (secondary N) is 4. The van der Waals surface area contributed by atoms with Gasteiger partial charge in [-0.1, -0.05) is 0 Å². The lowest BCUT2D eigenvalue weighted by Gasteiger charge is -2.32. The molecular weight excluding hydrogens is 502 g/mol. The minimum atomic E-state index is -4.91. The summed E-state index contributed by atoms with van der Waals surface area (Å²) < 4.78 is 32.0. The van der Waals surface area contributed by atoms with Gasteiger partial charge in [-0.2, -0.15) is 8.42 Å². The van der Waals surface area contributed by atoms with E-state index in [1.807, 2.05) is 5.32 Å². The third-order valence-corrected chi connectivity index (χ3v) is 5.94. The normalized spacial score (nSPS) is 17.7. The van der Waals surface area contributed by atoms with Crippen LogP contribution in [-0.2, 0) is 26.3 Å². The number of carbonyl (C=O) groups is 4. The maximum absolute atomic E-state index is 12.3. The van der Waals surface area contributed by atoms with Crippen LogP contribution in [0.3, 0.4) is 0 Å². The molecule has 2 unspecified atom stereocenters. The van der Waals surface area contributed by atoms with Crippen LogP contribution in [-0.4, -0.2) is 68.1 Å². The number of aromatic nitrogens is 2. The first-order chi connectivity index (χ1) is 16.8. The molecule has 0 saturated carbocycles. The zero-order valence-corrected chi connectivity index (χ0v) is 19.1. The van der Waals surface area contributed by atoms with Gasteiger partial charge in [0, 0.05) is 17.7 Å². The molecule has 2 aromatic rings. The van der Waals surface area contributed by atoms with Gasteiger partial charge in [0.25, 0.3) is 16.9 Å². The van der Waals surface area contributed by atoms with Crippen molar-refractivity contribution in [2.24, 2.45) is 5.73 Å². The number of rotatable bonds is 10. The number of anilines is 2. The Morgan fingerprint density at radius 2 is 1.81 bits per heavy atom. The molecular formula is C19H21N7O9S. The van der Waals surface area contributed by atoms with Crippen LogP contribution in [0.15, 0.2) is 30.5 Å². The number of hydrogen-bond donors (Lipinski definition) is 8. The van der Waals surface area contributed by atoms with Gasteiger partial charge in [0.05, 0.1) is 18.4 Å². The number of hydrogen-bond acceptors (Lipinski definition) is 11. The summed E-state index contributed by atoms with van der Waals surface area (Å²) in [7, 11) is -4.91. The van der Waals surface area contributed by atoms with Gasteiger partial charge >= 0.3 is 22.1 Å². The Hall–Kier alpha value is -4.35. The monoisotopic (exact) mass is 523 g/mol. The molecule has 0 bridgehead atoms. The highest BCUT2D eigenvalue weighted by Gasteiger charge is 2.46. The molecule has 9 N–H and O–H groups in total. The van der Waals surface area contributed by atoms with Gasteiger partial charge in [-0.3, -0.25) is 24.7 Å². The predicted octanol–water partition coefficient (Wildman–Crippen LogP) is -1.25. The van der Waals surface area contributed by atoms with Crippen LogP contribution in [0.1, 0.15) is 39.4 Å². The van der Waals surface area contributed by atoms with Crippen molar-refractivity contribution in [1.29, 1.82) is 0 Å². The quantitative estimate of drug-likeness (QED) is 0.169. The zero-order valence-electron chi connectivity index (χ0n) is 18.3. The highest BCUT2D eigenvalue weighted by atomic mass is 32.2. The Morgan fingerprint density at radius 3 is 2.39 bits per heavy atom. The molecule has 1 aliphatic heterocycles. The van der Waals surface area contributed by atoms with Crippen molar-refractivity contribution >= 4 is 45.4 Å². The second-order valence-corrected chi connectivity index (χ2v) is 9.17. The molecule has 36 heavy (non-hydrogen) atoms. The molecule has 16 nitrogen and oxygen atoms in total. The van der Waals surface area contributed by atoms with Crippen molar-refractivity contribution in [2.75, 3.05) is 10.6 Å². The SMILES string of the molecule is NC1(S(=O)(=O)O)NC(=O)c2nc(CNc3ccc(C(=O)NC(CCC(=O)O)C(=O)O)cc3)cnc2N1. The fourth-order valence-corrected chi connectivity index (χ4v) is 3.47. The molecule has 192 valence electrons. The molecule has 1 aromatic heterocycles. The smallest absolute Gasteiger partial charge is 0.326 e. The van der Waals surface area contributed by atoms with E-state index in [0.717, 1.165) is 0 Å². The number of benzene rings is 1. The average molecular weight is 523 g/mol. The lowest BCUT2D eigenvalue weighted by atomic mass is 10.1. The maximum Gasteiger partial charge on any atom is 0.326 e.